The molecule has 0 aromatic carbocycles. The van der Waals surface area contributed by atoms with E-state index in [-0.39, 0.29) is 17.1 Å². The first-order valence-electron chi connectivity index (χ1n) is 12.0. The first kappa shape index (κ1) is 25.5. The average Bonchev–Trinajstić information content (AvgIpc) is 2.71. The first-order valence-corrected chi connectivity index (χ1v) is 12.0. The third-order valence-corrected chi connectivity index (χ3v) is 5.61. The topological polar surface area (TPSA) is 63.6 Å². The van der Waals surface area contributed by atoms with Crippen LogP contribution in [0.4, 0.5) is 0 Å². The van der Waals surface area contributed by atoms with Gasteiger partial charge in [0.25, 0.3) is 0 Å². The molecule has 166 valence electrons. The Hall–Kier alpha value is -1.58. The van der Waals surface area contributed by atoms with Gasteiger partial charge in [0.05, 0.1) is 6.61 Å². The van der Waals surface area contributed by atoms with Crippen molar-refractivity contribution in [1.82, 2.24) is 0 Å². The van der Waals surface area contributed by atoms with Gasteiger partial charge in [0.2, 0.25) is 11.6 Å². The molecule has 1 rings (SSSR count). The van der Waals surface area contributed by atoms with Gasteiger partial charge in [-0.25, -0.2) is 0 Å². The quantitative estimate of drug-likeness (QED) is 0.194. The van der Waals surface area contributed by atoms with E-state index >= 15 is 0 Å². The highest BCUT2D eigenvalue weighted by molar-refractivity contribution is 6.20. The maximum atomic E-state index is 12.3. The molecule has 0 aliphatic heterocycles. The van der Waals surface area contributed by atoms with Crippen LogP contribution >= 0.6 is 0 Å². The highest BCUT2D eigenvalue weighted by atomic mass is 16.5. The molecule has 1 aliphatic rings. The van der Waals surface area contributed by atoms with Crippen molar-refractivity contribution < 1.29 is 19.4 Å². The Morgan fingerprint density at radius 2 is 1.17 bits per heavy atom. The third-order valence-electron chi connectivity index (χ3n) is 5.61. The molecule has 0 saturated heterocycles. The summed E-state index contributed by atoms with van der Waals surface area (Å²) < 4.78 is 5.22. The zero-order valence-electron chi connectivity index (χ0n) is 18.8. The molecule has 0 heterocycles. The molecule has 1 N–H and O–H groups in total. The van der Waals surface area contributed by atoms with E-state index < -0.39 is 11.5 Å². The van der Waals surface area contributed by atoms with Crippen molar-refractivity contribution in [3.8, 4) is 0 Å². The van der Waals surface area contributed by atoms with Crippen LogP contribution in [0.25, 0.3) is 0 Å². The molecule has 0 radical (unpaired) electrons. The van der Waals surface area contributed by atoms with Gasteiger partial charge in [0.1, 0.15) is 0 Å². The van der Waals surface area contributed by atoms with E-state index in [4.69, 9.17) is 4.74 Å². The minimum Gasteiger partial charge on any atom is -0.504 e. The number of ketones is 2. The lowest BCUT2D eigenvalue weighted by atomic mass is 9.94. The largest absolute Gasteiger partial charge is 0.504 e. The Kier molecular flexibility index (Phi) is 14.3. The Morgan fingerprint density at radius 1 is 0.724 bits per heavy atom. The SMILES string of the molecule is CCCCCCCCCCCCCCCCCC1=C(O)C(=O)C=C(OCC)C1=O. The van der Waals surface area contributed by atoms with Crippen LogP contribution in [0.2, 0.25) is 0 Å². The van der Waals surface area contributed by atoms with Gasteiger partial charge < -0.3 is 9.84 Å². The lowest BCUT2D eigenvalue weighted by molar-refractivity contribution is -0.120. The van der Waals surface area contributed by atoms with E-state index in [2.05, 4.69) is 6.92 Å². The second-order valence-electron chi connectivity index (χ2n) is 8.16. The van der Waals surface area contributed by atoms with Crippen LogP contribution in [0.15, 0.2) is 23.2 Å². The minimum atomic E-state index is -0.524. The molecule has 0 amide bonds. The second-order valence-corrected chi connectivity index (χ2v) is 8.16. The first-order chi connectivity index (χ1) is 14.1. The molecule has 4 nitrogen and oxygen atoms in total. The fourth-order valence-corrected chi connectivity index (χ4v) is 3.83. The summed E-state index contributed by atoms with van der Waals surface area (Å²) >= 11 is 0. The summed E-state index contributed by atoms with van der Waals surface area (Å²) in [5, 5.41) is 9.92. The molecule has 0 atom stereocenters. The molecular weight excluding hydrogens is 364 g/mol. The van der Waals surface area contributed by atoms with E-state index in [1.54, 1.807) is 6.92 Å². The second kappa shape index (κ2) is 16.2. The lowest BCUT2D eigenvalue weighted by Gasteiger charge is -2.15. The summed E-state index contributed by atoms with van der Waals surface area (Å²) in [5.41, 5.74) is 0.218. The number of aliphatic hydroxyl groups is 1. The van der Waals surface area contributed by atoms with Gasteiger partial charge in [-0.05, 0) is 19.8 Å². The van der Waals surface area contributed by atoms with E-state index in [0.29, 0.717) is 13.0 Å². The van der Waals surface area contributed by atoms with Crippen molar-refractivity contribution in [2.24, 2.45) is 0 Å². The van der Waals surface area contributed by atoms with Crippen LogP contribution < -0.4 is 0 Å². The number of Topliss-reactive ketones (excluding diaryl/α,β-unsaturated/α-hetero) is 1. The van der Waals surface area contributed by atoms with Gasteiger partial charge in [-0.2, -0.15) is 0 Å². The predicted octanol–water partition coefficient (Wildman–Crippen LogP) is 7.13. The van der Waals surface area contributed by atoms with Gasteiger partial charge >= 0.3 is 0 Å². The number of carbonyl (C=O) groups excluding carboxylic acids is 2. The number of unbranched alkanes of at least 4 members (excludes halogenated alkanes) is 14. The fourth-order valence-electron chi connectivity index (χ4n) is 3.83. The van der Waals surface area contributed by atoms with E-state index in [9.17, 15) is 14.7 Å². The Bertz CT molecular complexity index is 545. The van der Waals surface area contributed by atoms with Crippen LogP contribution in [0.3, 0.4) is 0 Å². The molecular formula is C25H42O4. The van der Waals surface area contributed by atoms with Crippen molar-refractivity contribution in [3.63, 3.8) is 0 Å². The molecule has 29 heavy (non-hydrogen) atoms. The maximum absolute atomic E-state index is 12.3. The number of allylic oxidation sites excluding steroid dienone is 2. The molecule has 0 aromatic rings. The molecule has 1 aliphatic carbocycles. The smallest absolute Gasteiger partial charge is 0.227 e. The van der Waals surface area contributed by atoms with Crippen molar-refractivity contribution in [1.29, 1.82) is 0 Å². The van der Waals surface area contributed by atoms with Gasteiger partial charge in [-0.3, -0.25) is 9.59 Å². The number of hydrogen-bond acceptors (Lipinski definition) is 4. The van der Waals surface area contributed by atoms with Crippen molar-refractivity contribution in [2.45, 2.75) is 117 Å². The molecule has 0 unspecified atom stereocenters. The molecule has 0 fully saturated rings. The molecule has 0 bridgehead atoms. The van der Waals surface area contributed by atoms with Gasteiger partial charge in [-0.15, -0.1) is 0 Å². The van der Waals surface area contributed by atoms with Crippen molar-refractivity contribution in [2.75, 3.05) is 6.61 Å². The van der Waals surface area contributed by atoms with Gasteiger partial charge in [0.15, 0.2) is 11.5 Å². The van der Waals surface area contributed by atoms with Crippen LogP contribution in [-0.4, -0.2) is 23.3 Å². The van der Waals surface area contributed by atoms with E-state index in [1.165, 1.54) is 77.0 Å². The van der Waals surface area contributed by atoms with Crippen LogP contribution in [-0.2, 0) is 14.3 Å². The van der Waals surface area contributed by atoms with Crippen LogP contribution in [0.1, 0.15) is 117 Å². The Labute approximate surface area is 177 Å². The van der Waals surface area contributed by atoms with E-state index in [1.807, 2.05) is 0 Å². The third kappa shape index (κ3) is 10.7. The zero-order chi connectivity index (χ0) is 21.3. The summed E-state index contributed by atoms with van der Waals surface area (Å²) in [4.78, 5) is 24.1. The average molecular weight is 407 g/mol. The molecule has 0 spiro atoms. The number of aliphatic hydroxyl groups excluding tert-OH is 1. The number of rotatable bonds is 18. The monoisotopic (exact) mass is 406 g/mol. The number of carbonyl (C=O) groups is 2. The minimum absolute atomic E-state index is 0.0614. The van der Waals surface area contributed by atoms with Gasteiger partial charge in [-0.1, -0.05) is 96.8 Å². The normalized spacial score (nSPS) is 14.5. The Morgan fingerprint density at radius 3 is 1.62 bits per heavy atom. The summed E-state index contributed by atoms with van der Waals surface area (Å²) in [6, 6.07) is 0. The van der Waals surface area contributed by atoms with Gasteiger partial charge in [0, 0.05) is 11.6 Å². The molecule has 4 heteroatoms. The summed E-state index contributed by atoms with van der Waals surface area (Å²) in [7, 11) is 0. The number of hydrogen-bond donors (Lipinski definition) is 1. The fraction of sp³-hybridized carbons (Fsp3) is 0.760. The highest BCUT2D eigenvalue weighted by Gasteiger charge is 2.28. The standard InChI is InChI=1S/C25H42O4/c1-3-5-6-7-8-9-10-11-12-13-14-15-16-17-18-19-21-24(27)22(26)20-23(25(21)28)29-4-2/h20,27H,3-19H2,1-2H3. The lowest BCUT2D eigenvalue weighted by Crippen LogP contribution is -2.21. The summed E-state index contributed by atoms with van der Waals surface area (Å²) in [5.74, 6) is -1.20. The van der Waals surface area contributed by atoms with Crippen molar-refractivity contribution >= 4 is 11.6 Å². The molecule has 0 saturated carbocycles. The maximum Gasteiger partial charge on any atom is 0.227 e. The summed E-state index contributed by atoms with van der Waals surface area (Å²) in [6.07, 6.45) is 20.8. The highest BCUT2D eigenvalue weighted by Crippen LogP contribution is 2.24. The zero-order valence-corrected chi connectivity index (χ0v) is 18.8. The van der Waals surface area contributed by atoms with Crippen LogP contribution in [0.5, 0.6) is 0 Å². The van der Waals surface area contributed by atoms with Crippen LogP contribution in [0, 0.1) is 0 Å². The van der Waals surface area contributed by atoms with E-state index in [0.717, 1.165) is 25.3 Å². The summed E-state index contributed by atoms with van der Waals surface area (Å²) in [6.45, 7) is 4.36. The molecule has 0 aromatic heterocycles. The Balaban J connectivity index is 2.01. The van der Waals surface area contributed by atoms with Crippen molar-refractivity contribution in [3.05, 3.63) is 23.2 Å². The predicted molar refractivity (Wildman–Crippen MR) is 119 cm³/mol. The number of ether oxygens (including phenoxy) is 1.